The first-order valence-electron chi connectivity index (χ1n) is 5.52. The second kappa shape index (κ2) is 5.23. The van der Waals surface area contributed by atoms with Gasteiger partial charge in [-0.05, 0) is 37.7 Å². The standard InChI is InChI=1S/C10H15N.C2H6.H2/c11-10-7-3-5-8-4-1-2-6-9(8)10;1-2;/h2,6,10H,1,3-5,7,11H2;1-2H3;1H/t10-;;/m1../s1. The van der Waals surface area contributed by atoms with E-state index in [2.05, 4.69) is 12.2 Å². The van der Waals surface area contributed by atoms with Gasteiger partial charge in [0.15, 0.2) is 0 Å². The summed E-state index contributed by atoms with van der Waals surface area (Å²) in [5.74, 6) is 0. The first kappa shape index (κ1) is 10.5. The van der Waals surface area contributed by atoms with Crippen LogP contribution in [0, 0.1) is 0 Å². The van der Waals surface area contributed by atoms with E-state index in [1.165, 1.54) is 37.7 Å². The zero-order valence-electron chi connectivity index (χ0n) is 8.84. The van der Waals surface area contributed by atoms with E-state index in [9.17, 15) is 0 Å². The average molecular weight is 181 g/mol. The maximum absolute atomic E-state index is 5.98. The number of allylic oxidation sites excluding steroid dienone is 2. The molecule has 0 radical (unpaired) electrons. The number of hydrogen-bond acceptors (Lipinski definition) is 1. The molecule has 0 aromatic heterocycles. The van der Waals surface area contributed by atoms with Crippen LogP contribution in [0.1, 0.15) is 47.4 Å². The van der Waals surface area contributed by atoms with E-state index in [1.807, 2.05) is 13.8 Å². The third-order valence-corrected chi connectivity index (χ3v) is 2.71. The lowest BCUT2D eigenvalue weighted by atomic mass is 9.83. The van der Waals surface area contributed by atoms with Crippen LogP contribution in [-0.2, 0) is 0 Å². The lowest BCUT2D eigenvalue weighted by Gasteiger charge is -2.26. The molecule has 2 aliphatic rings. The second-order valence-electron chi connectivity index (χ2n) is 3.50. The van der Waals surface area contributed by atoms with Crippen LogP contribution in [0.25, 0.3) is 0 Å². The Morgan fingerprint density at radius 1 is 1.38 bits per heavy atom. The summed E-state index contributed by atoms with van der Waals surface area (Å²) in [6.45, 7) is 4.00. The van der Waals surface area contributed by atoms with E-state index in [1.54, 1.807) is 5.57 Å². The highest BCUT2D eigenvalue weighted by atomic mass is 14.6. The van der Waals surface area contributed by atoms with Crippen molar-refractivity contribution in [2.24, 2.45) is 5.73 Å². The van der Waals surface area contributed by atoms with Gasteiger partial charge in [-0.2, -0.15) is 0 Å². The maximum Gasteiger partial charge on any atom is 0.0294 e. The van der Waals surface area contributed by atoms with Crippen molar-refractivity contribution in [2.75, 3.05) is 0 Å². The van der Waals surface area contributed by atoms with Crippen molar-refractivity contribution in [3.05, 3.63) is 23.3 Å². The van der Waals surface area contributed by atoms with Crippen molar-refractivity contribution < 1.29 is 1.43 Å². The van der Waals surface area contributed by atoms with Gasteiger partial charge in [0.2, 0.25) is 0 Å². The molecule has 0 aromatic rings. The monoisotopic (exact) mass is 181 g/mol. The number of rotatable bonds is 0. The quantitative estimate of drug-likeness (QED) is 0.609. The Morgan fingerprint density at radius 3 is 2.85 bits per heavy atom. The normalized spacial score (nSPS) is 26.2. The largest absolute Gasteiger partial charge is 0.324 e. The minimum atomic E-state index is 0. The van der Waals surface area contributed by atoms with Gasteiger partial charge in [0.1, 0.15) is 0 Å². The SMILES string of the molecule is CC.N[C@@H]1CCCC2=C1C=CCC2.[HH]. The van der Waals surface area contributed by atoms with Gasteiger partial charge >= 0.3 is 0 Å². The summed E-state index contributed by atoms with van der Waals surface area (Å²) < 4.78 is 0. The van der Waals surface area contributed by atoms with Crippen LogP contribution in [0.5, 0.6) is 0 Å². The third kappa shape index (κ3) is 2.44. The Labute approximate surface area is 83.2 Å². The van der Waals surface area contributed by atoms with Crippen molar-refractivity contribution in [1.29, 1.82) is 0 Å². The van der Waals surface area contributed by atoms with Crippen molar-refractivity contribution in [2.45, 2.75) is 52.0 Å². The smallest absolute Gasteiger partial charge is 0.0294 e. The Hall–Kier alpha value is -0.560. The summed E-state index contributed by atoms with van der Waals surface area (Å²) in [5.41, 5.74) is 9.06. The predicted octanol–water partition coefficient (Wildman–Crippen LogP) is 3.42. The van der Waals surface area contributed by atoms with E-state index in [4.69, 9.17) is 5.73 Å². The molecule has 0 saturated heterocycles. The molecular formula is C12H23N. The van der Waals surface area contributed by atoms with Crippen LogP contribution in [-0.4, -0.2) is 6.04 Å². The summed E-state index contributed by atoms with van der Waals surface area (Å²) >= 11 is 0. The number of nitrogens with two attached hydrogens (primary N) is 1. The van der Waals surface area contributed by atoms with Crippen molar-refractivity contribution in [3.63, 3.8) is 0 Å². The molecule has 0 unspecified atom stereocenters. The van der Waals surface area contributed by atoms with Crippen LogP contribution in [0.3, 0.4) is 0 Å². The zero-order valence-corrected chi connectivity index (χ0v) is 8.84. The highest BCUT2D eigenvalue weighted by Gasteiger charge is 2.18. The Kier molecular flexibility index (Phi) is 4.23. The lowest BCUT2D eigenvalue weighted by molar-refractivity contribution is 0.585. The van der Waals surface area contributed by atoms with Gasteiger partial charge in [-0.25, -0.2) is 0 Å². The highest BCUT2D eigenvalue weighted by Crippen LogP contribution is 2.30. The van der Waals surface area contributed by atoms with E-state index < -0.39 is 0 Å². The van der Waals surface area contributed by atoms with E-state index in [-0.39, 0.29) is 1.43 Å². The van der Waals surface area contributed by atoms with Crippen LogP contribution in [0.4, 0.5) is 0 Å². The molecule has 0 saturated carbocycles. The number of hydrogen-bond donors (Lipinski definition) is 1. The van der Waals surface area contributed by atoms with E-state index in [0.29, 0.717) is 6.04 Å². The summed E-state index contributed by atoms with van der Waals surface area (Å²) in [6.07, 6.45) is 10.8. The van der Waals surface area contributed by atoms with Gasteiger partial charge in [-0.15, -0.1) is 0 Å². The second-order valence-corrected chi connectivity index (χ2v) is 3.50. The molecule has 0 bridgehead atoms. The molecule has 0 heterocycles. The van der Waals surface area contributed by atoms with Crippen LogP contribution in [0.2, 0.25) is 0 Å². The predicted molar refractivity (Wildman–Crippen MR) is 60.7 cm³/mol. The van der Waals surface area contributed by atoms with E-state index in [0.717, 1.165) is 0 Å². The molecule has 2 aliphatic carbocycles. The molecule has 0 aliphatic heterocycles. The molecule has 0 amide bonds. The minimum absolute atomic E-state index is 0. The fraction of sp³-hybridized carbons (Fsp3) is 0.667. The molecule has 1 atom stereocenters. The van der Waals surface area contributed by atoms with Gasteiger partial charge in [0.25, 0.3) is 0 Å². The molecule has 1 nitrogen and oxygen atoms in total. The minimum Gasteiger partial charge on any atom is -0.324 e. The highest BCUT2D eigenvalue weighted by molar-refractivity contribution is 5.35. The van der Waals surface area contributed by atoms with Crippen molar-refractivity contribution in [1.82, 2.24) is 0 Å². The third-order valence-electron chi connectivity index (χ3n) is 2.71. The van der Waals surface area contributed by atoms with Gasteiger partial charge < -0.3 is 5.73 Å². The van der Waals surface area contributed by atoms with Gasteiger partial charge in [-0.3, -0.25) is 0 Å². The van der Waals surface area contributed by atoms with Crippen molar-refractivity contribution >= 4 is 0 Å². The van der Waals surface area contributed by atoms with Crippen molar-refractivity contribution in [3.8, 4) is 0 Å². The molecule has 13 heavy (non-hydrogen) atoms. The summed E-state index contributed by atoms with van der Waals surface area (Å²) in [6, 6.07) is 0.343. The van der Waals surface area contributed by atoms with E-state index >= 15 is 0 Å². The molecule has 0 spiro atoms. The van der Waals surface area contributed by atoms with Crippen LogP contribution >= 0.6 is 0 Å². The first-order chi connectivity index (χ1) is 6.38. The molecule has 0 aromatic carbocycles. The summed E-state index contributed by atoms with van der Waals surface area (Å²) in [4.78, 5) is 0. The van der Waals surface area contributed by atoms with Gasteiger partial charge in [0.05, 0.1) is 0 Å². The molecule has 2 N–H and O–H groups in total. The zero-order chi connectivity index (χ0) is 9.68. The first-order valence-corrected chi connectivity index (χ1v) is 5.52. The van der Waals surface area contributed by atoms with Gasteiger partial charge in [0, 0.05) is 7.47 Å². The lowest BCUT2D eigenvalue weighted by Crippen LogP contribution is -2.26. The molecule has 0 fully saturated rings. The fourth-order valence-electron chi connectivity index (χ4n) is 2.08. The summed E-state index contributed by atoms with van der Waals surface area (Å²) in [5, 5.41) is 0. The van der Waals surface area contributed by atoms with Gasteiger partial charge in [-0.1, -0.05) is 31.6 Å². The molecule has 76 valence electrons. The Balaban J connectivity index is 0.000000531. The van der Waals surface area contributed by atoms with Crippen LogP contribution < -0.4 is 5.73 Å². The average Bonchev–Trinajstić information content (AvgIpc) is 2.22. The molecule has 2 rings (SSSR count). The molecule has 1 heteroatoms. The summed E-state index contributed by atoms with van der Waals surface area (Å²) in [7, 11) is 0. The molecular weight excluding hydrogens is 158 g/mol. The Bertz CT molecular complexity index is 218. The Morgan fingerprint density at radius 2 is 2.15 bits per heavy atom. The maximum atomic E-state index is 5.98. The fourth-order valence-corrected chi connectivity index (χ4v) is 2.08. The topological polar surface area (TPSA) is 26.0 Å². The van der Waals surface area contributed by atoms with Crippen LogP contribution in [0.15, 0.2) is 23.3 Å².